The van der Waals surface area contributed by atoms with E-state index in [1.807, 2.05) is 37.3 Å². The van der Waals surface area contributed by atoms with Gasteiger partial charge in [0.25, 0.3) is 5.91 Å². The summed E-state index contributed by atoms with van der Waals surface area (Å²) in [5, 5.41) is 4.17. The smallest absolute Gasteiger partial charge is 0.387 e. The van der Waals surface area contributed by atoms with Crippen molar-refractivity contribution in [2.75, 3.05) is 11.9 Å². The van der Waals surface area contributed by atoms with E-state index in [1.54, 1.807) is 11.4 Å². The number of hydrogen-bond donors (Lipinski definition) is 1. The Kier molecular flexibility index (Phi) is 6.56. The van der Waals surface area contributed by atoms with E-state index in [0.29, 0.717) is 4.88 Å². The Morgan fingerprint density at radius 2 is 1.79 bits per heavy atom. The predicted octanol–water partition coefficient (Wildman–Crippen LogP) is 5.12. The average Bonchev–Trinajstić information content (AvgIpc) is 3.18. The zero-order chi connectivity index (χ0) is 20.8. The summed E-state index contributed by atoms with van der Waals surface area (Å²) in [6.07, 6.45) is 0. The molecule has 2 aromatic carbocycles. The van der Waals surface area contributed by atoms with Crippen LogP contribution in [0.1, 0.15) is 15.2 Å². The van der Waals surface area contributed by atoms with Crippen molar-refractivity contribution in [3.8, 4) is 16.9 Å². The van der Waals surface area contributed by atoms with Gasteiger partial charge in [0, 0.05) is 5.56 Å². The first-order valence-electron chi connectivity index (χ1n) is 8.59. The van der Waals surface area contributed by atoms with Crippen LogP contribution >= 0.6 is 11.3 Å². The molecular formula is C21H17F2NO4S. The van der Waals surface area contributed by atoms with Gasteiger partial charge in [-0.05, 0) is 36.1 Å². The summed E-state index contributed by atoms with van der Waals surface area (Å²) in [5.41, 5.74) is 2.74. The van der Waals surface area contributed by atoms with Crippen LogP contribution in [0.25, 0.3) is 11.1 Å². The molecule has 0 spiro atoms. The summed E-state index contributed by atoms with van der Waals surface area (Å²) >= 11 is 1.21. The summed E-state index contributed by atoms with van der Waals surface area (Å²) in [5.74, 6) is -1.48. The third-order valence-electron chi connectivity index (χ3n) is 3.92. The first kappa shape index (κ1) is 20.5. The first-order chi connectivity index (χ1) is 13.9. The lowest BCUT2D eigenvalue weighted by molar-refractivity contribution is -0.119. The largest absolute Gasteiger partial charge is 0.451 e. The van der Waals surface area contributed by atoms with Gasteiger partial charge in [0.2, 0.25) is 0 Å². The van der Waals surface area contributed by atoms with Gasteiger partial charge < -0.3 is 14.8 Å². The average molecular weight is 417 g/mol. The van der Waals surface area contributed by atoms with Crippen LogP contribution in [0.4, 0.5) is 14.5 Å². The van der Waals surface area contributed by atoms with Crippen molar-refractivity contribution in [2.45, 2.75) is 13.5 Å². The third-order valence-corrected chi connectivity index (χ3v) is 4.82. The highest BCUT2D eigenvalue weighted by atomic mass is 32.1. The molecule has 0 bridgehead atoms. The minimum absolute atomic E-state index is 0.0605. The van der Waals surface area contributed by atoms with Crippen LogP contribution < -0.4 is 10.1 Å². The molecular weight excluding hydrogens is 400 g/mol. The molecule has 0 aliphatic carbocycles. The van der Waals surface area contributed by atoms with E-state index in [1.165, 1.54) is 29.5 Å². The Morgan fingerprint density at radius 3 is 2.52 bits per heavy atom. The van der Waals surface area contributed by atoms with Gasteiger partial charge in [-0.3, -0.25) is 4.79 Å². The molecule has 1 heterocycles. The second-order valence-electron chi connectivity index (χ2n) is 6.03. The molecule has 150 valence electrons. The number of benzene rings is 2. The number of thiophene rings is 1. The molecule has 0 unspecified atom stereocenters. The summed E-state index contributed by atoms with van der Waals surface area (Å²) < 4.78 is 34.3. The van der Waals surface area contributed by atoms with E-state index in [0.717, 1.165) is 16.7 Å². The molecule has 5 nitrogen and oxygen atoms in total. The minimum Gasteiger partial charge on any atom is -0.451 e. The van der Waals surface area contributed by atoms with Crippen LogP contribution in [0.15, 0.2) is 60.0 Å². The number of anilines is 1. The number of carbonyl (C=O) groups excluding carboxylic acids is 2. The minimum atomic E-state index is -3.02. The van der Waals surface area contributed by atoms with Gasteiger partial charge in [-0.1, -0.05) is 42.0 Å². The SMILES string of the molecule is Cc1ccc(-c2ccsc2C(=O)OCC(=O)Nc2ccccc2OC(F)F)cc1. The Morgan fingerprint density at radius 1 is 1.07 bits per heavy atom. The Labute approximate surface area is 169 Å². The first-order valence-corrected chi connectivity index (χ1v) is 9.47. The van der Waals surface area contributed by atoms with Crippen LogP contribution in [0.2, 0.25) is 0 Å². The van der Waals surface area contributed by atoms with Crippen molar-refractivity contribution in [3.63, 3.8) is 0 Å². The van der Waals surface area contributed by atoms with Crippen molar-refractivity contribution in [1.29, 1.82) is 0 Å². The van der Waals surface area contributed by atoms with E-state index in [-0.39, 0.29) is 11.4 Å². The molecule has 0 atom stereocenters. The van der Waals surface area contributed by atoms with Gasteiger partial charge >= 0.3 is 12.6 Å². The van der Waals surface area contributed by atoms with Gasteiger partial charge in [-0.15, -0.1) is 11.3 Å². The number of ether oxygens (including phenoxy) is 2. The fourth-order valence-electron chi connectivity index (χ4n) is 2.58. The monoisotopic (exact) mass is 417 g/mol. The molecule has 0 radical (unpaired) electrons. The number of para-hydroxylation sites is 2. The van der Waals surface area contributed by atoms with Crippen LogP contribution in [-0.2, 0) is 9.53 Å². The molecule has 0 saturated heterocycles. The van der Waals surface area contributed by atoms with Crippen LogP contribution in [0, 0.1) is 6.92 Å². The fourth-order valence-corrected chi connectivity index (χ4v) is 3.39. The Hall–Kier alpha value is -3.26. The van der Waals surface area contributed by atoms with E-state index in [9.17, 15) is 18.4 Å². The number of carbonyl (C=O) groups is 2. The molecule has 1 aromatic heterocycles. The summed E-state index contributed by atoms with van der Waals surface area (Å²) in [6, 6.07) is 15.3. The lowest BCUT2D eigenvalue weighted by Crippen LogP contribution is -2.21. The van der Waals surface area contributed by atoms with Crippen LogP contribution in [0.5, 0.6) is 5.75 Å². The third kappa shape index (κ3) is 5.39. The number of alkyl halides is 2. The number of rotatable bonds is 7. The molecule has 1 N–H and O–H groups in total. The van der Waals surface area contributed by atoms with Crippen molar-refractivity contribution in [2.24, 2.45) is 0 Å². The van der Waals surface area contributed by atoms with Gasteiger partial charge in [0.05, 0.1) is 5.69 Å². The highest BCUT2D eigenvalue weighted by Crippen LogP contribution is 2.29. The number of esters is 1. The lowest BCUT2D eigenvalue weighted by atomic mass is 10.1. The van der Waals surface area contributed by atoms with Gasteiger partial charge in [0.15, 0.2) is 6.61 Å². The zero-order valence-corrected chi connectivity index (χ0v) is 16.2. The quantitative estimate of drug-likeness (QED) is 0.542. The maximum Gasteiger partial charge on any atom is 0.387 e. The molecule has 0 aliphatic rings. The number of halogens is 2. The summed E-state index contributed by atoms with van der Waals surface area (Å²) in [4.78, 5) is 24.9. The van der Waals surface area contributed by atoms with Gasteiger partial charge in [-0.2, -0.15) is 8.78 Å². The standard InChI is InChI=1S/C21H17F2NO4S/c1-13-6-8-14(9-7-13)15-10-11-29-19(15)20(26)27-12-18(25)24-16-4-2-3-5-17(16)28-21(22)23/h2-11,21H,12H2,1H3,(H,24,25). The highest BCUT2D eigenvalue weighted by molar-refractivity contribution is 7.12. The van der Waals surface area contributed by atoms with Crippen LogP contribution in [-0.4, -0.2) is 25.1 Å². The maximum atomic E-state index is 12.4. The summed E-state index contributed by atoms with van der Waals surface area (Å²) in [7, 11) is 0. The fraction of sp³-hybridized carbons (Fsp3) is 0.143. The van der Waals surface area contributed by atoms with Crippen LogP contribution in [0.3, 0.4) is 0 Å². The van der Waals surface area contributed by atoms with Gasteiger partial charge in [0.1, 0.15) is 10.6 Å². The number of hydrogen-bond acceptors (Lipinski definition) is 5. The zero-order valence-electron chi connectivity index (χ0n) is 15.4. The lowest BCUT2D eigenvalue weighted by Gasteiger charge is -2.12. The summed E-state index contributed by atoms with van der Waals surface area (Å²) in [6.45, 7) is -1.62. The Bertz CT molecular complexity index is 1000. The normalized spacial score (nSPS) is 10.6. The molecule has 3 aromatic rings. The van der Waals surface area contributed by atoms with Crippen molar-refractivity contribution >= 4 is 28.9 Å². The van der Waals surface area contributed by atoms with Crippen molar-refractivity contribution < 1.29 is 27.8 Å². The second kappa shape index (κ2) is 9.29. The molecule has 3 rings (SSSR count). The second-order valence-corrected chi connectivity index (χ2v) is 6.94. The molecule has 1 amide bonds. The van der Waals surface area contributed by atoms with Gasteiger partial charge in [-0.25, -0.2) is 4.79 Å². The van der Waals surface area contributed by atoms with E-state index in [2.05, 4.69) is 10.1 Å². The predicted molar refractivity (Wildman–Crippen MR) is 106 cm³/mol. The van der Waals surface area contributed by atoms with E-state index >= 15 is 0 Å². The number of nitrogens with one attached hydrogen (secondary N) is 1. The topological polar surface area (TPSA) is 64.6 Å². The molecule has 8 heteroatoms. The molecule has 0 aliphatic heterocycles. The maximum absolute atomic E-state index is 12.4. The number of amides is 1. The van der Waals surface area contributed by atoms with E-state index in [4.69, 9.17) is 4.74 Å². The number of aryl methyl sites for hydroxylation is 1. The molecule has 0 fully saturated rings. The molecule has 29 heavy (non-hydrogen) atoms. The highest BCUT2D eigenvalue weighted by Gasteiger charge is 2.18. The molecule has 0 saturated carbocycles. The van der Waals surface area contributed by atoms with Crippen molar-refractivity contribution in [3.05, 3.63) is 70.4 Å². The van der Waals surface area contributed by atoms with E-state index < -0.39 is 25.1 Å². The Balaban J connectivity index is 1.63. The van der Waals surface area contributed by atoms with Crippen molar-refractivity contribution in [1.82, 2.24) is 0 Å².